The lowest BCUT2D eigenvalue weighted by Crippen LogP contribution is -2.41. The number of aryl methyl sites for hydroxylation is 2. The molecule has 3 rings (SSSR count). The van der Waals surface area contributed by atoms with Gasteiger partial charge in [-0.3, -0.25) is 4.79 Å². The number of nitrogen functional groups attached to an aromatic ring is 1. The molecule has 0 fully saturated rings. The number of alkyl halides is 1. The number of nitrogens with two attached hydrogens (primary N) is 1. The van der Waals surface area contributed by atoms with E-state index in [-0.39, 0.29) is 16.7 Å². The number of carbonyl (C=O) groups is 1. The third-order valence-corrected chi connectivity index (χ3v) is 11.2. The van der Waals surface area contributed by atoms with Crippen LogP contribution in [0.5, 0.6) is 0 Å². The molecule has 1 aromatic carbocycles. The maximum atomic E-state index is 13.0. The normalized spacial score (nSPS) is 12.5. The van der Waals surface area contributed by atoms with Crippen molar-refractivity contribution in [2.75, 3.05) is 18.2 Å². The molecule has 0 aliphatic rings. The van der Waals surface area contributed by atoms with Crippen molar-refractivity contribution >= 4 is 42.6 Å². The lowest BCUT2D eigenvalue weighted by molar-refractivity contribution is 0.101. The van der Waals surface area contributed by atoms with Crippen molar-refractivity contribution in [1.29, 1.82) is 0 Å². The summed E-state index contributed by atoms with van der Waals surface area (Å²) in [5, 5.41) is 0.836. The van der Waals surface area contributed by atoms with Gasteiger partial charge in [-0.25, -0.2) is 9.97 Å². The fourth-order valence-electron chi connectivity index (χ4n) is 3.53. The number of carbonyl (C=O) groups excluding carboxylic acids is 1. The van der Waals surface area contributed by atoms with Crippen molar-refractivity contribution in [2.45, 2.75) is 58.8 Å². The van der Waals surface area contributed by atoms with E-state index in [0.29, 0.717) is 35.7 Å². The van der Waals surface area contributed by atoms with E-state index in [1.54, 1.807) is 0 Å². The van der Waals surface area contributed by atoms with Crippen LogP contribution in [-0.2, 0) is 11.0 Å². The average molecular weight is 473 g/mol. The van der Waals surface area contributed by atoms with Crippen molar-refractivity contribution < 1.29 is 9.22 Å². The average Bonchev–Trinajstić information content (AvgIpc) is 3.06. The van der Waals surface area contributed by atoms with Gasteiger partial charge in [0.15, 0.2) is 14.1 Å². The summed E-state index contributed by atoms with van der Waals surface area (Å²) in [6.45, 7) is 14.4. The maximum Gasteiger partial charge on any atom is 0.194 e. The molecule has 0 aliphatic carbocycles. The highest BCUT2D eigenvalue weighted by molar-refractivity contribution is 6.74. The first-order chi connectivity index (χ1) is 15.0. The quantitative estimate of drug-likeness (QED) is 0.193. The first-order valence-electron chi connectivity index (χ1n) is 10.9. The van der Waals surface area contributed by atoms with Gasteiger partial charge in [-0.15, -0.1) is 11.6 Å². The first-order valence-corrected chi connectivity index (χ1v) is 14.3. The molecule has 172 valence electrons. The minimum absolute atomic E-state index is 0.122. The van der Waals surface area contributed by atoms with Crippen LogP contribution in [0.1, 0.15) is 43.2 Å². The van der Waals surface area contributed by atoms with Gasteiger partial charge in [0.2, 0.25) is 0 Å². The van der Waals surface area contributed by atoms with Crippen molar-refractivity contribution in [3.05, 3.63) is 41.9 Å². The van der Waals surface area contributed by atoms with E-state index in [0.717, 1.165) is 23.1 Å². The van der Waals surface area contributed by atoms with E-state index in [9.17, 15) is 4.79 Å². The van der Waals surface area contributed by atoms with Crippen LogP contribution in [0.15, 0.2) is 30.6 Å². The van der Waals surface area contributed by atoms with Crippen molar-refractivity contribution in [2.24, 2.45) is 0 Å². The Labute approximate surface area is 196 Å². The van der Waals surface area contributed by atoms with Crippen LogP contribution in [0.2, 0.25) is 18.1 Å². The summed E-state index contributed by atoms with van der Waals surface area (Å²) in [5.41, 5.74) is 10.2. The molecule has 32 heavy (non-hydrogen) atoms. The Morgan fingerprint density at radius 2 is 1.84 bits per heavy atom. The molecule has 2 N–H and O–H groups in total. The minimum Gasteiger partial charge on any atom is -0.417 e. The topological polar surface area (TPSA) is 83.0 Å². The van der Waals surface area contributed by atoms with Gasteiger partial charge in [-0.1, -0.05) is 50.6 Å². The van der Waals surface area contributed by atoms with E-state index in [1.807, 2.05) is 35.8 Å². The zero-order valence-corrected chi connectivity index (χ0v) is 21.6. The number of aromatic nitrogens is 3. The number of benzene rings is 1. The SMILES string of the molecule is Cc1ccc(-c2c(C(=O)CCl)n(CCCO[Si](C)(C)C(C)(C)C)c3ncnc(N)c23)cc1. The zero-order valence-electron chi connectivity index (χ0n) is 19.8. The van der Waals surface area contributed by atoms with Crippen molar-refractivity contribution in [3.8, 4) is 11.1 Å². The highest BCUT2D eigenvalue weighted by Crippen LogP contribution is 2.38. The summed E-state index contributed by atoms with van der Waals surface area (Å²) < 4.78 is 8.27. The highest BCUT2D eigenvalue weighted by atomic mass is 35.5. The van der Waals surface area contributed by atoms with Crippen LogP contribution in [0.25, 0.3) is 22.2 Å². The second-order valence-corrected chi connectivity index (χ2v) is 14.8. The Hall–Kier alpha value is -2.22. The van der Waals surface area contributed by atoms with Gasteiger partial charge >= 0.3 is 0 Å². The van der Waals surface area contributed by atoms with E-state index in [4.69, 9.17) is 21.8 Å². The van der Waals surface area contributed by atoms with Crippen LogP contribution >= 0.6 is 11.6 Å². The largest absolute Gasteiger partial charge is 0.417 e. The standard InChI is InChI=1S/C24H33ClN4O2Si/c1-16-8-10-17(11-9-16)19-20-22(26)27-15-28-23(20)29(21(19)18(30)14-25)12-7-13-31-32(5,6)24(2,3)4/h8-11,15H,7,12-14H2,1-6H3,(H2,26,27,28). The van der Waals surface area contributed by atoms with Gasteiger partial charge in [-0.05, 0) is 37.0 Å². The van der Waals surface area contributed by atoms with Crippen LogP contribution in [0, 0.1) is 6.92 Å². The van der Waals surface area contributed by atoms with E-state index in [1.165, 1.54) is 6.33 Å². The summed E-state index contributed by atoms with van der Waals surface area (Å²) in [5.74, 6) is 0.0682. The Bertz CT molecular complexity index is 1120. The van der Waals surface area contributed by atoms with Crippen LogP contribution < -0.4 is 5.73 Å². The number of anilines is 1. The Balaban J connectivity index is 2.05. The fourth-order valence-corrected chi connectivity index (χ4v) is 4.75. The molecule has 2 aromatic heterocycles. The summed E-state index contributed by atoms with van der Waals surface area (Å²) in [6, 6.07) is 8.01. The van der Waals surface area contributed by atoms with E-state index >= 15 is 0 Å². The molecule has 0 unspecified atom stereocenters. The molecule has 0 amide bonds. The monoisotopic (exact) mass is 472 g/mol. The number of hydrogen-bond acceptors (Lipinski definition) is 5. The Morgan fingerprint density at radius 1 is 1.19 bits per heavy atom. The molecule has 8 heteroatoms. The number of hydrogen-bond donors (Lipinski definition) is 1. The van der Waals surface area contributed by atoms with Crippen LogP contribution in [-0.4, -0.2) is 41.1 Å². The molecular weight excluding hydrogens is 440 g/mol. The predicted octanol–water partition coefficient (Wildman–Crippen LogP) is 5.82. The fraction of sp³-hybridized carbons (Fsp3) is 0.458. The second kappa shape index (κ2) is 9.33. The lowest BCUT2D eigenvalue weighted by atomic mass is 10.00. The molecular formula is C24H33ClN4O2Si. The lowest BCUT2D eigenvalue weighted by Gasteiger charge is -2.36. The van der Waals surface area contributed by atoms with Gasteiger partial charge in [0.25, 0.3) is 0 Å². The van der Waals surface area contributed by atoms with Crippen molar-refractivity contribution in [1.82, 2.24) is 14.5 Å². The molecule has 0 spiro atoms. The third kappa shape index (κ3) is 4.75. The van der Waals surface area contributed by atoms with Crippen LogP contribution in [0.3, 0.4) is 0 Å². The summed E-state index contributed by atoms with van der Waals surface area (Å²) in [7, 11) is -1.84. The van der Waals surface area contributed by atoms with Gasteiger partial charge in [-0.2, -0.15) is 0 Å². The Morgan fingerprint density at radius 3 is 2.44 bits per heavy atom. The van der Waals surface area contributed by atoms with Crippen molar-refractivity contribution in [3.63, 3.8) is 0 Å². The molecule has 0 saturated carbocycles. The van der Waals surface area contributed by atoms with Gasteiger partial charge in [0, 0.05) is 18.7 Å². The maximum absolute atomic E-state index is 13.0. The molecule has 0 radical (unpaired) electrons. The molecule has 2 heterocycles. The third-order valence-electron chi connectivity index (χ3n) is 6.39. The molecule has 0 saturated heterocycles. The van der Waals surface area contributed by atoms with Gasteiger partial charge in [0.1, 0.15) is 17.8 Å². The van der Waals surface area contributed by atoms with E-state index < -0.39 is 8.32 Å². The van der Waals surface area contributed by atoms with Gasteiger partial charge < -0.3 is 14.7 Å². The number of Topliss-reactive ketones (excluding diaryl/α,β-unsaturated/α-hetero) is 1. The minimum atomic E-state index is -1.84. The zero-order chi connectivity index (χ0) is 23.7. The number of fused-ring (bicyclic) bond motifs is 1. The summed E-state index contributed by atoms with van der Waals surface area (Å²) >= 11 is 6.03. The molecule has 6 nitrogen and oxygen atoms in total. The van der Waals surface area contributed by atoms with Gasteiger partial charge in [0.05, 0.1) is 17.0 Å². The predicted molar refractivity (Wildman–Crippen MR) is 135 cm³/mol. The number of rotatable bonds is 8. The molecule has 0 bridgehead atoms. The smallest absolute Gasteiger partial charge is 0.194 e. The van der Waals surface area contributed by atoms with E-state index in [2.05, 4.69) is 43.8 Å². The number of halogens is 1. The second-order valence-electron chi connectivity index (χ2n) is 9.72. The number of ketones is 1. The Kier molecular flexibility index (Phi) is 7.12. The van der Waals surface area contributed by atoms with Crippen LogP contribution in [0.4, 0.5) is 5.82 Å². The summed E-state index contributed by atoms with van der Waals surface area (Å²) in [6.07, 6.45) is 2.18. The summed E-state index contributed by atoms with van der Waals surface area (Å²) in [4.78, 5) is 21.7. The molecule has 0 atom stereocenters. The molecule has 3 aromatic rings. The number of nitrogens with zero attached hydrogens (tertiary/aromatic N) is 3. The molecule has 0 aliphatic heterocycles. The highest BCUT2D eigenvalue weighted by Gasteiger charge is 2.37. The first kappa shape index (κ1) is 24.4.